The number of alkyl halides is 3. The molecule has 4 nitrogen and oxygen atoms in total. The average molecular weight is 355 g/mol. The van der Waals surface area contributed by atoms with Gasteiger partial charge in [0.15, 0.2) is 0 Å². The monoisotopic (exact) mass is 355 g/mol. The highest BCUT2D eigenvalue weighted by Crippen LogP contribution is 2.28. The van der Waals surface area contributed by atoms with Crippen LogP contribution in [0, 0.1) is 5.82 Å². The van der Waals surface area contributed by atoms with Crippen LogP contribution in [0.15, 0.2) is 48.5 Å². The summed E-state index contributed by atoms with van der Waals surface area (Å²) in [5.41, 5.74) is 1.30. The summed E-state index contributed by atoms with van der Waals surface area (Å²) in [4.78, 5) is 13.4. The Morgan fingerprint density at radius 1 is 1.08 bits per heavy atom. The molecule has 3 rings (SSSR count). The minimum absolute atomic E-state index is 0.183. The normalized spacial score (nSPS) is 17.5. The summed E-state index contributed by atoms with van der Waals surface area (Å²) in [7, 11) is 0. The maximum atomic E-state index is 13.0. The van der Waals surface area contributed by atoms with E-state index in [1.54, 1.807) is 12.1 Å². The van der Waals surface area contributed by atoms with Crippen molar-refractivity contribution in [1.82, 2.24) is 4.90 Å². The summed E-state index contributed by atoms with van der Waals surface area (Å²) in [6, 6.07) is 10.9. The lowest BCUT2D eigenvalue weighted by Gasteiger charge is -2.14. The van der Waals surface area contributed by atoms with Crippen LogP contribution < -0.4 is 4.74 Å². The van der Waals surface area contributed by atoms with Gasteiger partial charge >= 0.3 is 12.5 Å². The number of carbonyl (C=O) groups excluding carboxylic acids is 1. The molecular weight excluding hydrogens is 342 g/mol. The first-order chi connectivity index (χ1) is 11.8. The second-order valence-corrected chi connectivity index (χ2v) is 5.50. The van der Waals surface area contributed by atoms with Crippen LogP contribution in [0.5, 0.6) is 5.75 Å². The van der Waals surface area contributed by atoms with E-state index in [2.05, 4.69) is 4.74 Å². The summed E-state index contributed by atoms with van der Waals surface area (Å²) < 4.78 is 58.4. The third-order valence-electron chi connectivity index (χ3n) is 3.66. The molecule has 1 unspecified atom stereocenters. The zero-order chi connectivity index (χ0) is 18.0. The Kier molecular flexibility index (Phi) is 4.52. The molecule has 0 aromatic heterocycles. The van der Waals surface area contributed by atoms with Crippen LogP contribution in [0.1, 0.15) is 17.2 Å². The summed E-state index contributed by atoms with van der Waals surface area (Å²) in [6.45, 7) is 0.452. The van der Waals surface area contributed by atoms with Crippen molar-refractivity contribution in [2.45, 2.75) is 19.0 Å². The largest absolute Gasteiger partial charge is 0.573 e. The fraction of sp³-hybridized carbons (Fsp3) is 0.235. The van der Waals surface area contributed by atoms with Gasteiger partial charge in [0.2, 0.25) is 0 Å². The zero-order valence-corrected chi connectivity index (χ0v) is 12.8. The van der Waals surface area contributed by atoms with Crippen molar-refractivity contribution in [1.29, 1.82) is 0 Å². The predicted molar refractivity (Wildman–Crippen MR) is 79.2 cm³/mol. The molecular formula is C17H13F4NO3. The quantitative estimate of drug-likeness (QED) is 0.762. The third kappa shape index (κ3) is 4.40. The van der Waals surface area contributed by atoms with E-state index in [4.69, 9.17) is 4.74 Å². The average Bonchev–Trinajstić information content (AvgIpc) is 2.89. The SMILES string of the molecule is O=C1OC(c2ccc(F)cc2)CN1Cc1ccc(OC(F)(F)F)cc1. The van der Waals surface area contributed by atoms with E-state index in [9.17, 15) is 22.4 Å². The number of hydrogen-bond donors (Lipinski definition) is 0. The number of cyclic esters (lactones) is 1. The van der Waals surface area contributed by atoms with Gasteiger partial charge in [-0.1, -0.05) is 24.3 Å². The van der Waals surface area contributed by atoms with E-state index in [-0.39, 0.29) is 24.7 Å². The van der Waals surface area contributed by atoms with E-state index in [1.165, 1.54) is 41.3 Å². The summed E-state index contributed by atoms with van der Waals surface area (Å²) in [6.07, 6.45) is -5.80. The molecule has 1 aliphatic heterocycles. The van der Waals surface area contributed by atoms with Crippen LogP contribution in [0.4, 0.5) is 22.4 Å². The Balaban J connectivity index is 1.63. The first-order valence-corrected chi connectivity index (χ1v) is 7.36. The van der Waals surface area contributed by atoms with E-state index >= 15 is 0 Å². The Bertz CT molecular complexity index is 744. The molecule has 0 radical (unpaired) electrons. The standard InChI is InChI=1S/C17H13F4NO3/c18-13-5-3-12(4-6-13)15-10-22(16(23)24-15)9-11-1-7-14(8-2-11)25-17(19,20)21/h1-8,15H,9-10H2. The van der Waals surface area contributed by atoms with Crippen LogP contribution in [-0.2, 0) is 11.3 Å². The van der Waals surface area contributed by atoms with Gasteiger partial charge in [0, 0.05) is 6.54 Å². The van der Waals surface area contributed by atoms with Crippen molar-refractivity contribution >= 4 is 6.09 Å². The van der Waals surface area contributed by atoms with Crippen LogP contribution in [-0.4, -0.2) is 23.9 Å². The fourth-order valence-electron chi connectivity index (χ4n) is 2.51. The van der Waals surface area contributed by atoms with E-state index < -0.39 is 18.6 Å². The van der Waals surface area contributed by atoms with E-state index in [1.807, 2.05) is 0 Å². The highest BCUT2D eigenvalue weighted by atomic mass is 19.4. The maximum Gasteiger partial charge on any atom is 0.573 e. The summed E-state index contributed by atoms with van der Waals surface area (Å²) >= 11 is 0. The molecule has 1 heterocycles. The van der Waals surface area contributed by atoms with Crippen LogP contribution in [0.25, 0.3) is 0 Å². The van der Waals surface area contributed by atoms with E-state index in [0.717, 1.165) is 0 Å². The molecule has 2 aromatic rings. The Morgan fingerprint density at radius 2 is 1.72 bits per heavy atom. The smallest absolute Gasteiger partial charge is 0.439 e. The molecule has 25 heavy (non-hydrogen) atoms. The molecule has 1 aliphatic rings. The number of ether oxygens (including phenoxy) is 2. The van der Waals surface area contributed by atoms with Gasteiger partial charge in [-0.25, -0.2) is 9.18 Å². The Labute approximate surface area is 140 Å². The molecule has 1 saturated heterocycles. The van der Waals surface area contributed by atoms with Crippen molar-refractivity contribution in [3.05, 3.63) is 65.5 Å². The van der Waals surface area contributed by atoms with Gasteiger partial charge in [-0.2, -0.15) is 0 Å². The lowest BCUT2D eigenvalue weighted by Crippen LogP contribution is -2.23. The number of nitrogens with zero attached hydrogens (tertiary/aromatic N) is 1. The number of rotatable bonds is 4. The molecule has 8 heteroatoms. The molecule has 0 spiro atoms. The van der Waals surface area contributed by atoms with Crippen molar-refractivity contribution in [3.63, 3.8) is 0 Å². The molecule has 1 atom stereocenters. The van der Waals surface area contributed by atoms with Gasteiger partial charge in [0.1, 0.15) is 17.7 Å². The molecule has 0 aliphatic carbocycles. The van der Waals surface area contributed by atoms with Crippen LogP contribution >= 0.6 is 0 Å². The van der Waals surface area contributed by atoms with Crippen molar-refractivity contribution in [3.8, 4) is 5.75 Å². The Morgan fingerprint density at radius 3 is 2.32 bits per heavy atom. The number of benzene rings is 2. The molecule has 1 amide bonds. The summed E-state index contributed by atoms with van der Waals surface area (Å²) in [5, 5.41) is 0. The predicted octanol–water partition coefficient (Wildman–Crippen LogP) is 4.42. The van der Waals surface area contributed by atoms with Gasteiger partial charge in [-0.05, 0) is 35.4 Å². The van der Waals surface area contributed by atoms with Gasteiger partial charge in [0.05, 0.1) is 6.54 Å². The fourth-order valence-corrected chi connectivity index (χ4v) is 2.51. The van der Waals surface area contributed by atoms with Crippen molar-refractivity contribution < 1.29 is 31.8 Å². The second-order valence-electron chi connectivity index (χ2n) is 5.50. The summed E-state index contributed by atoms with van der Waals surface area (Å²) in [5.74, 6) is -0.712. The number of carbonyl (C=O) groups is 1. The highest BCUT2D eigenvalue weighted by molar-refractivity contribution is 5.70. The lowest BCUT2D eigenvalue weighted by atomic mass is 10.1. The van der Waals surface area contributed by atoms with Crippen LogP contribution in [0.2, 0.25) is 0 Å². The first-order valence-electron chi connectivity index (χ1n) is 7.36. The second kappa shape index (κ2) is 6.62. The molecule has 2 aromatic carbocycles. The van der Waals surface area contributed by atoms with Crippen LogP contribution in [0.3, 0.4) is 0 Å². The minimum atomic E-state index is -4.75. The van der Waals surface area contributed by atoms with Gasteiger partial charge in [-0.15, -0.1) is 13.2 Å². The molecule has 1 fully saturated rings. The minimum Gasteiger partial charge on any atom is -0.439 e. The van der Waals surface area contributed by atoms with Gasteiger partial charge in [-0.3, -0.25) is 4.90 Å². The van der Waals surface area contributed by atoms with Crippen molar-refractivity contribution in [2.24, 2.45) is 0 Å². The molecule has 0 bridgehead atoms. The lowest BCUT2D eigenvalue weighted by molar-refractivity contribution is -0.274. The molecule has 0 N–H and O–H groups in total. The van der Waals surface area contributed by atoms with Crippen molar-refractivity contribution in [2.75, 3.05) is 6.54 Å². The number of halogens is 4. The first kappa shape index (κ1) is 17.1. The molecule has 0 saturated carbocycles. The molecule has 132 valence electrons. The van der Waals surface area contributed by atoms with Gasteiger partial charge < -0.3 is 9.47 Å². The topological polar surface area (TPSA) is 38.8 Å². The third-order valence-corrected chi connectivity index (χ3v) is 3.66. The Hall–Kier alpha value is -2.77. The van der Waals surface area contributed by atoms with E-state index in [0.29, 0.717) is 11.1 Å². The number of hydrogen-bond acceptors (Lipinski definition) is 3. The highest BCUT2D eigenvalue weighted by Gasteiger charge is 2.33. The van der Waals surface area contributed by atoms with Gasteiger partial charge in [0.25, 0.3) is 0 Å². The zero-order valence-electron chi connectivity index (χ0n) is 12.8. The maximum absolute atomic E-state index is 13.0. The number of amides is 1.